The van der Waals surface area contributed by atoms with E-state index in [1.165, 1.54) is 13.2 Å². The van der Waals surface area contributed by atoms with E-state index in [4.69, 9.17) is 18.9 Å². The lowest BCUT2D eigenvalue weighted by atomic mass is 10.0. The molecule has 0 aromatic heterocycles. The van der Waals surface area contributed by atoms with Crippen LogP contribution in [-0.4, -0.2) is 30.8 Å². The fourth-order valence-corrected chi connectivity index (χ4v) is 3.37. The van der Waals surface area contributed by atoms with E-state index in [1.807, 2.05) is 60.7 Å². The van der Waals surface area contributed by atoms with E-state index in [9.17, 15) is 4.79 Å². The van der Waals surface area contributed by atoms with E-state index in [0.29, 0.717) is 18.9 Å². The monoisotopic (exact) mass is 381 g/mol. The molecule has 0 radical (unpaired) electrons. The standard InChI is InChI=1S/C22H23NO5/c1-15(24)23-18-13-25-19-14-27-22(17-10-6-3-7-11-17)28-21(19)20(18)26-12-16-8-4-2-5-9-16/h2-11,13,19-22H,12,14H2,1H3,(H,23,24)/t19-,20+,21-,22-/m1/s1. The Hall–Kier alpha value is -2.67. The number of carbonyl (C=O) groups is 1. The van der Waals surface area contributed by atoms with Gasteiger partial charge in [-0.1, -0.05) is 60.7 Å². The van der Waals surface area contributed by atoms with Crippen LogP contribution in [0.3, 0.4) is 0 Å². The van der Waals surface area contributed by atoms with Gasteiger partial charge in [0.15, 0.2) is 12.4 Å². The second kappa shape index (κ2) is 8.56. The number of carbonyl (C=O) groups excluding carboxylic acids is 1. The highest BCUT2D eigenvalue weighted by Gasteiger charge is 2.44. The SMILES string of the molecule is CC(=O)NC1=CO[C@@H]2CO[C@@H](c3ccccc3)O[C@H]2[C@H]1OCc1ccccc1. The fraction of sp³-hybridized carbons (Fsp3) is 0.318. The Bertz CT molecular complexity index is 823. The Balaban J connectivity index is 1.54. The van der Waals surface area contributed by atoms with Crippen LogP contribution >= 0.6 is 0 Å². The van der Waals surface area contributed by atoms with Crippen LogP contribution in [0.1, 0.15) is 24.3 Å². The zero-order valence-electron chi connectivity index (χ0n) is 15.6. The second-order valence-electron chi connectivity index (χ2n) is 6.82. The third kappa shape index (κ3) is 4.25. The number of amides is 1. The largest absolute Gasteiger partial charge is 0.491 e. The van der Waals surface area contributed by atoms with Gasteiger partial charge < -0.3 is 24.3 Å². The number of fused-ring (bicyclic) bond motifs is 1. The molecule has 0 unspecified atom stereocenters. The first-order valence-electron chi connectivity index (χ1n) is 9.31. The summed E-state index contributed by atoms with van der Waals surface area (Å²) in [4.78, 5) is 11.6. The first kappa shape index (κ1) is 18.7. The highest BCUT2D eigenvalue weighted by atomic mass is 16.7. The van der Waals surface area contributed by atoms with Gasteiger partial charge in [0.05, 0.1) is 18.9 Å². The first-order valence-corrected chi connectivity index (χ1v) is 9.31. The van der Waals surface area contributed by atoms with Crippen molar-refractivity contribution in [3.05, 3.63) is 83.7 Å². The summed E-state index contributed by atoms with van der Waals surface area (Å²) in [5.74, 6) is -0.187. The predicted molar refractivity (Wildman–Crippen MR) is 102 cm³/mol. The molecular weight excluding hydrogens is 358 g/mol. The smallest absolute Gasteiger partial charge is 0.221 e. The van der Waals surface area contributed by atoms with Crippen molar-refractivity contribution in [2.24, 2.45) is 0 Å². The van der Waals surface area contributed by atoms with Crippen LogP contribution < -0.4 is 5.32 Å². The molecule has 28 heavy (non-hydrogen) atoms. The van der Waals surface area contributed by atoms with Gasteiger partial charge in [-0.3, -0.25) is 4.79 Å². The summed E-state index contributed by atoms with van der Waals surface area (Å²) in [5, 5.41) is 2.81. The summed E-state index contributed by atoms with van der Waals surface area (Å²) < 4.78 is 24.0. The molecule has 2 aromatic carbocycles. The van der Waals surface area contributed by atoms with Crippen LogP contribution in [0.4, 0.5) is 0 Å². The molecule has 4 rings (SSSR count). The minimum atomic E-state index is -0.509. The van der Waals surface area contributed by atoms with Gasteiger partial charge in [-0.25, -0.2) is 0 Å². The number of hydrogen-bond donors (Lipinski definition) is 1. The Morgan fingerprint density at radius 3 is 2.54 bits per heavy atom. The summed E-state index contributed by atoms with van der Waals surface area (Å²) in [6, 6.07) is 19.6. The maximum Gasteiger partial charge on any atom is 0.221 e. The number of hydrogen-bond acceptors (Lipinski definition) is 5. The maximum absolute atomic E-state index is 11.6. The van der Waals surface area contributed by atoms with E-state index in [-0.39, 0.29) is 12.0 Å². The molecule has 1 fully saturated rings. The molecule has 0 bridgehead atoms. The summed E-state index contributed by atoms with van der Waals surface area (Å²) >= 11 is 0. The number of ether oxygens (including phenoxy) is 4. The Labute approximate surface area is 164 Å². The summed E-state index contributed by atoms with van der Waals surface area (Å²) in [6.45, 7) is 2.23. The molecule has 6 nitrogen and oxygen atoms in total. The third-order valence-corrected chi connectivity index (χ3v) is 4.70. The van der Waals surface area contributed by atoms with E-state index in [0.717, 1.165) is 11.1 Å². The lowest BCUT2D eigenvalue weighted by Crippen LogP contribution is -2.54. The molecule has 1 amide bonds. The van der Waals surface area contributed by atoms with Crippen LogP contribution in [0.2, 0.25) is 0 Å². The molecule has 6 heteroatoms. The molecule has 2 heterocycles. The average Bonchev–Trinajstić information content (AvgIpc) is 2.73. The van der Waals surface area contributed by atoms with Gasteiger partial charge >= 0.3 is 0 Å². The summed E-state index contributed by atoms with van der Waals surface area (Å²) in [7, 11) is 0. The van der Waals surface area contributed by atoms with E-state index >= 15 is 0 Å². The highest BCUT2D eigenvalue weighted by Crippen LogP contribution is 2.34. The number of nitrogens with one attached hydrogen (secondary N) is 1. The Morgan fingerprint density at radius 2 is 1.82 bits per heavy atom. The minimum Gasteiger partial charge on any atom is -0.491 e. The maximum atomic E-state index is 11.6. The van der Waals surface area contributed by atoms with E-state index in [2.05, 4.69) is 5.32 Å². The fourth-order valence-electron chi connectivity index (χ4n) is 3.37. The van der Waals surface area contributed by atoms with Crippen LogP contribution in [0.15, 0.2) is 72.6 Å². The van der Waals surface area contributed by atoms with Crippen LogP contribution in [-0.2, 0) is 30.3 Å². The zero-order chi connectivity index (χ0) is 19.3. The van der Waals surface area contributed by atoms with Crippen molar-refractivity contribution in [3.8, 4) is 0 Å². The lowest BCUT2D eigenvalue weighted by Gasteiger charge is -2.42. The topological polar surface area (TPSA) is 66.0 Å². The van der Waals surface area contributed by atoms with Crippen molar-refractivity contribution in [1.82, 2.24) is 5.32 Å². The van der Waals surface area contributed by atoms with Gasteiger partial charge in [-0.2, -0.15) is 0 Å². The lowest BCUT2D eigenvalue weighted by molar-refractivity contribution is -0.283. The molecule has 2 aliphatic heterocycles. The summed E-state index contributed by atoms with van der Waals surface area (Å²) in [5.41, 5.74) is 2.52. The van der Waals surface area contributed by atoms with Crippen molar-refractivity contribution in [2.45, 2.75) is 38.1 Å². The average molecular weight is 381 g/mol. The van der Waals surface area contributed by atoms with Gasteiger partial charge in [0, 0.05) is 12.5 Å². The van der Waals surface area contributed by atoms with Crippen molar-refractivity contribution < 1.29 is 23.7 Å². The third-order valence-electron chi connectivity index (χ3n) is 4.70. The molecule has 4 atom stereocenters. The van der Waals surface area contributed by atoms with Crippen molar-refractivity contribution in [1.29, 1.82) is 0 Å². The van der Waals surface area contributed by atoms with Crippen LogP contribution in [0.5, 0.6) is 0 Å². The van der Waals surface area contributed by atoms with Gasteiger partial charge in [0.2, 0.25) is 5.91 Å². The van der Waals surface area contributed by atoms with Crippen LogP contribution in [0.25, 0.3) is 0 Å². The normalized spacial score (nSPS) is 26.5. The molecular formula is C22H23NO5. The molecule has 2 aliphatic rings. The van der Waals surface area contributed by atoms with Crippen LogP contribution in [0, 0.1) is 0 Å². The molecule has 1 N–H and O–H groups in total. The Morgan fingerprint density at radius 1 is 1.11 bits per heavy atom. The highest BCUT2D eigenvalue weighted by molar-refractivity contribution is 5.75. The predicted octanol–water partition coefficient (Wildman–Crippen LogP) is 3.06. The van der Waals surface area contributed by atoms with E-state index < -0.39 is 18.5 Å². The van der Waals surface area contributed by atoms with E-state index in [1.54, 1.807) is 0 Å². The zero-order valence-corrected chi connectivity index (χ0v) is 15.6. The molecule has 0 spiro atoms. The number of benzene rings is 2. The number of rotatable bonds is 5. The second-order valence-corrected chi connectivity index (χ2v) is 6.82. The van der Waals surface area contributed by atoms with Gasteiger partial charge in [-0.05, 0) is 5.56 Å². The summed E-state index contributed by atoms with van der Waals surface area (Å²) in [6.07, 6.45) is -0.162. The van der Waals surface area contributed by atoms with Crippen molar-refractivity contribution >= 4 is 5.91 Å². The van der Waals surface area contributed by atoms with Crippen molar-refractivity contribution in [3.63, 3.8) is 0 Å². The molecule has 0 saturated carbocycles. The van der Waals surface area contributed by atoms with Gasteiger partial charge in [0.25, 0.3) is 0 Å². The molecule has 146 valence electrons. The van der Waals surface area contributed by atoms with Crippen molar-refractivity contribution in [2.75, 3.05) is 6.61 Å². The Kier molecular flexibility index (Phi) is 5.71. The van der Waals surface area contributed by atoms with Gasteiger partial charge in [0.1, 0.15) is 18.5 Å². The molecule has 0 aliphatic carbocycles. The minimum absolute atomic E-state index is 0.187. The molecule has 1 saturated heterocycles. The first-order chi connectivity index (χ1) is 13.7. The quantitative estimate of drug-likeness (QED) is 0.862. The van der Waals surface area contributed by atoms with Gasteiger partial charge in [-0.15, -0.1) is 0 Å². The molecule has 2 aromatic rings.